The molecule has 3 nitrogen and oxygen atoms in total. The molecule has 1 aromatic carbocycles. The Labute approximate surface area is 117 Å². The van der Waals surface area contributed by atoms with Gasteiger partial charge in [0, 0.05) is 30.7 Å². The Bertz CT molecular complexity index is 409. The van der Waals surface area contributed by atoms with Crippen LogP contribution in [0.4, 0.5) is 5.69 Å². The average molecular weight is 313 g/mol. The number of hydrogen-bond acceptors (Lipinski definition) is 3. The first-order chi connectivity index (χ1) is 8.61. The van der Waals surface area contributed by atoms with Crippen molar-refractivity contribution in [2.45, 2.75) is 31.9 Å². The van der Waals surface area contributed by atoms with Crippen LogP contribution in [0.25, 0.3) is 0 Å². The van der Waals surface area contributed by atoms with Gasteiger partial charge in [-0.15, -0.1) is 0 Å². The van der Waals surface area contributed by atoms with Crippen LogP contribution in [-0.4, -0.2) is 26.3 Å². The van der Waals surface area contributed by atoms with Gasteiger partial charge in [-0.3, -0.25) is 0 Å². The molecule has 1 fully saturated rings. The molecule has 2 atom stereocenters. The predicted octanol–water partition coefficient (Wildman–Crippen LogP) is 3.08. The third kappa shape index (κ3) is 3.05. The molecule has 1 aliphatic rings. The van der Waals surface area contributed by atoms with Gasteiger partial charge >= 0.3 is 0 Å². The van der Waals surface area contributed by atoms with E-state index in [2.05, 4.69) is 39.0 Å². The molecule has 2 rings (SSSR count). The van der Waals surface area contributed by atoms with Gasteiger partial charge in [0.25, 0.3) is 0 Å². The van der Waals surface area contributed by atoms with Gasteiger partial charge in [-0.25, -0.2) is 0 Å². The lowest BCUT2D eigenvalue weighted by Gasteiger charge is -2.34. The molecule has 18 heavy (non-hydrogen) atoms. The predicted molar refractivity (Wildman–Crippen MR) is 79.0 cm³/mol. The fourth-order valence-corrected chi connectivity index (χ4v) is 3.06. The number of piperidine rings is 1. The van der Waals surface area contributed by atoms with Crippen molar-refractivity contribution in [3.63, 3.8) is 0 Å². The van der Waals surface area contributed by atoms with E-state index in [1.807, 2.05) is 6.92 Å². The molecule has 0 amide bonds. The van der Waals surface area contributed by atoms with Crippen LogP contribution in [0.1, 0.15) is 31.4 Å². The van der Waals surface area contributed by atoms with Gasteiger partial charge in [0.05, 0.1) is 11.8 Å². The molecule has 1 unspecified atom stereocenters. The summed E-state index contributed by atoms with van der Waals surface area (Å²) < 4.78 is 6.59. The molecule has 0 bridgehead atoms. The molecule has 0 saturated carbocycles. The second kappa shape index (κ2) is 6.04. The van der Waals surface area contributed by atoms with Gasteiger partial charge in [0.2, 0.25) is 0 Å². The van der Waals surface area contributed by atoms with E-state index in [9.17, 15) is 0 Å². The zero-order valence-electron chi connectivity index (χ0n) is 11.0. The summed E-state index contributed by atoms with van der Waals surface area (Å²) in [5.74, 6) is 0. The van der Waals surface area contributed by atoms with E-state index in [1.165, 1.54) is 12.1 Å². The van der Waals surface area contributed by atoms with Gasteiger partial charge in [-0.05, 0) is 53.4 Å². The van der Waals surface area contributed by atoms with Gasteiger partial charge in [-0.2, -0.15) is 0 Å². The van der Waals surface area contributed by atoms with Crippen molar-refractivity contribution in [3.8, 4) is 0 Å². The zero-order valence-corrected chi connectivity index (χ0v) is 12.6. The molecular formula is C14H21BrN2O. The molecule has 1 aromatic rings. The summed E-state index contributed by atoms with van der Waals surface area (Å²) in [6.07, 6.45) is 2.68. The Kier molecular flexibility index (Phi) is 4.65. The zero-order chi connectivity index (χ0) is 13.1. The van der Waals surface area contributed by atoms with Crippen LogP contribution in [0.15, 0.2) is 22.7 Å². The molecule has 2 N–H and O–H groups in total. The second-order valence-corrected chi connectivity index (χ2v) is 5.80. The largest absolute Gasteiger partial charge is 0.380 e. The monoisotopic (exact) mass is 312 g/mol. The number of benzene rings is 1. The number of halogens is 1. The number of nitrogens with two attached hydrogens (primary N) is 1. The quantitative estimate of drug-likeness (QED) is 0.932. The molecule has 100 valence electrons. The highest BCUT2D eigenvalue weighted by atomic mass is 79.9. The number of rotatable bonds is 3. The molecule has 0 aromatic heterocycles. The molecule has 1 heterocycles. The van der Waals surface area contributed by atoms with Crippen LogP contribution in [0.5, 0.6) is 0 Å². The maximum Gasteiger partial charge on any atom is 0.0746 e. The van der Waals surface area contributed by atoms with Crippen molar-refractivity contribution in [1.29, 1.82) is 0 Å². The molecule has 0 spiro atoms. The van der Waals surface area contributed by atoms with Crippen LogP contribution in [-0.2, 0) is 4.74 Å². The Morgan fingerprint density at radius 2 is 2.28 bits per heavy atom. The third-order valence-corrected chi connectivity index (χ3v) is 4.18. The second-order valence-electron chi connectivity index (χ2n) is 4.95. The highest BCUT2D eigenvalue weighted by molar-refractivity contribution is 9.10. The van der Waals surface area contributed by atoms with E-state index in [-0.39, 0.29) is 6.04 Å². The summed E-state index contributed by atoms with van der Waals surface area (Å²) in [5.41, 5.74) is 8.30. The maximum absolute atomic E-state index is 5.90. The number of methoxy groups -OCH3 is 1. The van der Waals surface area contributed by atoms with Crippen molar-refractivity contribution in [2.24, 2.45) is 5.73 Å². The SMILES string of the molecule is COC1CCCN(c2ccc([C@@H](C)N)cc2Br)C1. The summed E-state index contributed by atoms with van der Waals surface area (Å²) in [5, 5.41) is 0. The van der Waals surface area contributed by atoms with E-state index in [4.69, 9.17) is 10.5 Å². The fraction of sp³-hybridized carbons (Fsp3) is 0.571. The smallest absolute Gasteiger partial charge is 0.0746 e. The lowest BCUT2D eigenvalue weighted by molar-refractivity contribution is 0.0893. The Morgan fingerprint density at radius 1 is 1.50 bits per heavy atom. The van der Waals surface area contributed by atoms with Crippen LogP contribution in [0, 0.1) is 0 Å². The van der Waals surface area contributed by atoms with Crippen molar-refractivity contribution >= 4 is 21.6 Å². The number of ether oxygens (including phenoxy) is 1. The Balaban J connectivity index is 2.17. The number of anilines is 1. The molecule has 4 heteroatoms. The van der Waals surface area contributed by atoms with Gasteiger partial charge in [0.1, 0.15) is 0 Å². The van der Waals surface area contributed by atoms with Crippen molar-refractivity contribution in [3.05, 3.63) is 28.2 Å². The topological polar surface area (TPSA) is 38.5 Å². The standard InChI is InChI=1S/C14H21BrN2O/c1-10(16)11-5-6-14(13(15)8-11)17-7-3-4-12(9-17)18-2/h5-6,8,10,12H,3-4,7,9,16H2,1-2H3/t10-,12?/m1/s1. The van der Waals surface area contributed by atoms with Gasteiger partial charge in [-0.1, -0.05) is 6.07 Å². The first kappa shape index (κ1) is 13.8. The maximum atomic E-state index is 5.90. The van der Waals surface area contributed by atoms with E-state index in [1.54, 1.807) is 7.11 Å². The summed E-state index contributed by atoms with van der Waals surface area (Å²) >= 11 is 3.65. The molecule has 0 radical (unpaired) electrons. The van der Waals surface area contributed by atoms with Crippen LogP contribution in [0.2, 0.25) is 0 Å². The lowest BCUT2D eigenvalue weighted by Crippen LogP contribution is -2.39. The highest BCUT2D eigenvalue weighted by Crippen LogP contribution is 2.31. The van der Waals surface area contributed by atoms with E-state index in [0.29, 0.717) is 6.10 Å². The minimum Gasteiger partial charge on any atom is -0.380 e. The van der Waals surface area contributed by atoms with Gasteiger partial charge < -0.3 is 15.4 Å². The molecular weight excluding hydrogens is 292 g/mol. The van der Waals surface area contributed by atoms with Crippen molar-refractivity contribution < 1.29 is 4.74 Å². The average Bonchev–Trinajstić information content (AvgIpc) is 2.38. The van der Waals surface area contributed by atoms with Crippen molar-refractivity contribution in [1.82, 2.24) is 0 Å². The fourth-order valence-electron chi connectivity index (χ4n) is 2.41. The van der Waals surface area contributed by atoms with E-state index in [0.717, 1.165) is 29.5 Å². The Morgan fingerprint density at radius 3 is 2.89 bits per heavy atom. The molecule has 1 aliphatic heterocycles. The summed E-state index contributed by atoms with van der Waals surface area (Å²) in [6, 6.07) is 6.46. The minimum atomic E-state index is 0.0726. The summed E-state index contributed by atoms with van der Waals surface area (Å²) in [6.45, 7) is 4.06. The van der Waals surface area contributed by atoms with E-state index >= 15 is 0 Å². The molecule has 1 saturated heterocycles. The van der Waals surface area contributed by atoms with Gasteiger partial charge in [0.15, 0.2) is 0 Å². The Hall–Kier alpha value is -0.580. The summed E-state index contributed by atoms with van der Waals surface area (Å²) in [4.78, 5) is 2.38. The van der Waals surface area contributed by atoms with Crippen LogP contribution in [0.3, 0.4) is 0 Å². The van der Waals surface area contributed by atoms with Crippen LogP contribution >= 0.6 is 15.9 Å². The first-order valence-electron chi connectivity index (χ1n) is 6.44. The first-order valence-corrected chi connectivity index (χ1v) is 7.24. The van der Waals surface area contributed by atoms with E-state index < -0.39 is 0 Å². The third-order valence-electron chi connectivity index (χ3n) is 3.55. The number of hydrogen-bond donors (Lipinski definition) is 1. The lowest BCUT2D eigenvalue weighted by atomic mass is 10.1. The number of nitrogens with zero attached hydrogens (tertiary/aromatic N) is 1. The normalized spacial score (nSPS) is 22.0. The summed E-state index contributed by atoms with van der Waals surface area (Å²) in [7, 11) is 1.79. The highest BCUT2D eigenvalue weighted by Gasteiger charge is 2.21. The molecule has 0 aliphatic carbocycles. The van der Waals surface area contributed by atoms with Crippen LogP contribution < -0.4 is 10.6 Å². The van der Waals surface area contributed by atoms with Crippen molar-refractivity contribution in [2.75, 3.05) is 25.1 Å². The minimum absolute atomic E-state index is 0.0726.